The maximum atomic E-state index is 6.60. The summed E-state index contributed by atoms with van der Waals surface area (Å²) in [6.45, 7) is 0. The van der Waals surface area contributed by atoms with E-state index in [0.29, 0.717) is 11.0 Å². The van der Waals surface area contributed by atoms with Crippen LogP contribution in [0.25, 0.3) is 28.3 Å². The van der Waals surface area contributed by atoms with Gasteiger partial charge in [0, 0.05) is 34.7 Å². The molecule has 186 valence electrons. The first-order chi connectivity index (χ1) is 18.6. The van der Waals surface area contributed by atoms with Gasteiger partial charge in [0.15, 0.2) is 5.82 Å². The first-order valence-electron chi connectivity index (χ1n) is 12.1. The van der Waals surface area contributed by atoms with E-state index in [1.54, 1.807) is 12.3 Å². The summed E-state index contributed by atoms with van der Waals surface area (Å²) < 4.78 is 0. The number of halogens is 2. The summed E-state index contributed by atoms with van der Waals surface area (Å²) in [5.41, 5.74) is 5.81. The molecule has 0 spiro atoms. The topological polar surface area (TPSA) is 50.2 Å². The molecule has 4 aromatic carbocycles. The predicted molar refractivity (Wildman–Crippen MR) is 158 cm³/mol. The van der Waals surface area contributed by atoms with E-state index in [4.69, 9.17) is 23.2 Å². The van der Waals surface area contributed by atoms with E-state index in [0.717, 1.165) is 33.6 Å². The van der Waals surface area contributed by atoms with Gasteiger partial charge < -0.3 is 5.32 Å². The van der Waals surface area contributed by atoms with Crippen molar-refractivity contribution in [3.05, 3.63) is 150 Å². The number of allylic oxidation sites excluding steroid dienone is 1. The normalized spacial score (nSPS) is 16.0. The van der Waals surface area contributed by atoms with Gasteiger partial charge in [-0.1, -0.05) is 145 Å². The number of nitrogens with one attached hydrogen (secondary N) is 1. The van der Waals surface area contributed by atoms with Crippen LogP contribution in [0.3, 0.4) is 0 Å². The third kappa shape index (κ3) is 6.17. The van der Waals surface area contributed by atoms with Crippen molar-refractivity contribution in [1.29, 1.82) is 0 Å². The molecular formula is C32H24Cl2N4. The summed E-state index contributed by atoms with van der Waals surface area (Å²) in [5, 5.41) is 2.81. The third-order valence-electron chi connectivity index (χ3n) is 5.83. The van der Waals surface area contributed by atoms with E-state index in [1.807, 2.05) is 127 Å². The fourth-order valence-corrected chi connectivity index (χ4v) is 4.42. The van der Waals surface area contributed by atoms with Crippen molar-refractivity contribution in [3.63, 3.8) is 0 Å². The minimum absolute atomic E-state index is 0.452. The Morgan fingerprint density at radius 2 is 1.13 bits per heavy atom. The molecule has 1 atom stereocenters. The fraction of sp³-hybridized carbons (Fsp3) is 0.0312. The molecule has 1 aliphatic heterocycles. The van der Waals surface area contributed by atoms with Crippen LogP contribution in [0.15, 0.2) is 138 Å². The van der Waals surface area contributed by atoms with E-state index >= 15 is 0 Å². The van der Waals surface area contributed by atoms with Crippen LogP contribution in [0.1, 0.15) is 11.1 Å². The highest BCUT2D eigenvalue weighted by molar-refractivity contribution is 6.29. The lowest BCUT2D eigenvalue weighted by molar-refractivity contribution is 0.586. The van der Waals surface area contributed by atoms with Gasteiger partial charge in [-0.15, -0.1) is 0 Å². The molecule has 2 heterocycles. The molecule has 0 bridgehead atoms. The Morgan fingerprint density at radius 1 is 0.605 bits per heavy atom. The molecule has 1 N–H and O–H groups in total. The van der Waals surface area contributed by atoms with Crippen molar-refractivity contribution >= 4 is 35.1 Å². The quantitative estimate of drug-likeness (QED) is 0.143. The zero-order valence-electron chi connectivity index (χ0n) is 20.4. The van der Waals surface area contributed by atoms with Gasteiger partial charge in [-0.05, 0) is 11.6 Å². The summed E-state index contributed by atoms with van der Waals surface area (Å²) in [5.74, 6) is 0.645. The lowest BCUT2D eigenvalue weighted by Gasteiger charge is -2.29. The van der Waals surface area contributed by atoms with Crippen molar-refractivity contribution < 1.29 is 0 Å². The van der Waals surface area contributed by atoms with E-state index in [1.165, 1.54) is 0 Å². The standard InChI is InChI=1S/C16H13ClN2.C16H11ClN2/c17-16(14-9-5-2-6-10-14)18-12-11-15(19-16)13-7-3-1-4-8-13;17-15-11-14(12-7-3-1-4-8-12)18-16(19-15)13-9-5-2-6-10-13/h1-12,19H;1-11H. The van der Waals surface area contributed by atoms with Crippen LogP contribution >= 0.6 is 23.2 Å². The summed E-state index contributed by atoms with van der Waals surface area (Å²) >= 11 is 12.7. The van der Waals surface area contributed by atoms with Gasteiger partial charge in [-0.3, -0.25) is 0 Å². The van der Waals surface area contributed by atoms with Gasteiger partial charge in [0.25, 0.3) is 0 Å². The number of rotatable bonds is 4. The average molecular weight is 535 g/mol. The molecule has 1 aromatic heterocycles. The molecular weight excluding hydrogens is 511 g/mol. The zero-order chi connectivity index (χ0) is 26.2. The molecule has 38 heavy (non-hydrogen) atoms. The van der Waals surface area contributed by atoms with Crippen LogP contribution < -0.4 is 5.32 Å². The maximum absolute atomic E-state index is 6.60. The number of aromatic nitrogens is 2. The minimum atomic E-state index is -0.929. The Labute approximate surface area is 232 Å². The average Bonchev–Trinajstić information content (AvgIpc) is 2.99. The highest BCUT2D eigenvalue weighted by Crippen LogP contribution is 2.32. The Balaban J connectivity index is 0.000000155. The van der Waals surface area contributed by atoms with Crippen molar-refractivity contribution in [3.8, 4) is 22.6 Å². The second-order valence-corrected chi connectivity index (χ2v) is 9.40. The van der Waals surface area contributed by atoms with Gasteiger partial charge in [0.1, 0.15) is 5.15 Å². The molecule has 0 amide bonds. The van der Waals surface area contributed by atoms with Gasteiger partial charge >= 0.3 is 0 Å². The second-order valence-electron chi connectivity index (χ2n) is 8.47. The molecule has 0 aliphatic carbocycles. The molecule has 0 radical (unpaired) electrons. The summed E-state index contributed by atoms with van der Waals surface area (Å²) in [7, 11) is 0. The van der Waals surface area contributed by atoms with E-state index in [-0.39, 0.29) is 0 Å². The van der Waals surface area contributed by atoms with E-state index in [2.05, 4.69) is 20.3 Å². The molecule has 0 saturated carbocycles. The fourth-order valence-electron chi connectivity index (χ4n) is 3.95. The minimum Gasteiger partial charge on any atom is -0.344 e. The zero-order valence-corrected chi connectivity index (χ0v) is 21.9. The third-order valence-corrected chi connectivity index (χ3v) is 6.44. The van der Waals surface area contributed by atoms with Crippen molar-refractivity contribution in [1.82, 2.24) is 15.3 Å². The van der Waals surface area contributed by atoms with Crippen molar-refractivity contribution in [2.75, 3.05) is 0 Å². The predicted octanol–water partition coefficient (Wildman–Crippen LogP) is 8.21. The molecule has 5 aromatic rings. The molecule has 1 aliphatic rings. The van der Waals surface area contributed by atoms with Crippen LogP contribution in [0, 0.1) is 0 Å². The maximum Gasteiger partial charge on any atom is 0.232 e. The van der Waals surface area contributed by atoms with Gasteiger partial charge in [0.2, 0.25) is 5.12 Å². The summed E-state index contributed by atoms with van der Waals surface area (Å²) in [4.78, 5) is 13.2. The Kier molecular flexibility index (Phi) is 7.93. The van der Waals surface area contributed by atoms with Crippen LogP contribution in [0.2, 0.25) is 5.15 Å². The van der Waals surface area contributed by atoms with Gasteiger partial charge in [0.05, 0.1) is 5.69 Å². The number of hydrogen-bond donors (Lipinski definition) is 1. The molecule has 4 nitrogen and oxygen atoms in total. The summed E-state index contributed by atoms with van der Waals surface area (Å²) in [6.07, 6.45) is 3.68. The van der Waals surface area contributed by atoms with Gasteiger partial charge in [-0.2, -0.15) is 0 Å². The lowest BCUT2D eigenvalue weighted by Crippen LogP contribution is -2.36. The first kappa shape index (κ1) is 25.4. The molecule has 1 unspecified atom stereocenters. The van der Waals surface area contributed by atoms with E-state index in [9.17, 15) is 0 Å². The molecule has 0 fully saturated rings. The largest absolute Gasteiger partial charge is 0.344 e. The molecule has 0 saturated heterocycles. The van der Waals surface area contributed by atoms with Crippen LogP contribution in [0.5, 0.6) is 0 Å². The summed E-state index contributed by atoms with van der Waals surface area (Å²) in [6, 6.07) is 41.4. The van der Waals surface area contributed by atoms with Gasteiger partial charge in [-0.25, -0.2) is 15.0 Å². The van der Waals surface area contributed by atoms with Crippen LogP contribution in [-0.4, -0.2) is 16.2 Å². The number of alkyl halides is 1. The monoisotopic (exact) mass is 534 g/mol. The highest BCUT2D eigenvalue weighted by atomic mass is 35.5. The Hall–Kier alpha value is -4.25. The lowest BCUT2D eigenvalue weighted by atomic mass is 10.1. The first-order valence-corrected chi connectivity index (χ1v) is 12.9. The van der Waals surface area contributed by atoms with Crippen LogP contribution in [0.4, 0.5) is 0 Å². The van der Waals surface area contributed by atoms with Crippen LogP contribution in [-0.2, 0) is 5.12 Å². The van der Waals surface area contributed by atoms with Crippen molar-refractivity contribution in [2.45, 2.75) is 5.12 Å². The number of benzene rings is 4. The van der Waals surface area contributed by atoms with Crippen molar-refractivity contribution in [2.24, 2.45) is 4.99 Å². The molecule has 6 heteroatoms. The Morgan fingerprint density at radius 3 is 1.74 bits per heavy atom. The highest BCUT2D eigenvalue weighted by Gasteiger charge is 2.30. The smallest absolute Gasteiger partial charge is 0.232 e. The molecule has 6 rings (SSSR count). The van der Waals surface area contributed by atoms with E-state index < -0.39 is 5.12 Å². The second kappa shape index (κ2) is 11.9. The SMILES string of the molecule is ClC1(c2ccccc2)N=CC=C(c2ccccc2)N1.Clc1cc(-c2ccccc2)nc(-c2ccccc2)n1. The number of nitrogens with zero attached hydrogens (tertiary/aromatic N) is 3. The number of aliphatic imine (C=N–C) groups is 1. The number of hydrogen-bond acceptors (Lipinski definition) is 4. The Bertz CT molecular complexity index is 1480.